The van der Waals surface area contributed by atoms with Crippen LogP contribution in [0.4, 0.5) is 13.2 Å². The van der Waals surface area contributed by atoms with Crippen LogP contribution in [0.5, 0.6) is 0 Å². The fourth-order valence-electron chi connectivity index (χ4n) is 1.87. The first-order valence-electron chi connectivity index (χ1n) is 5.39. The molecule has 3 nitrogen and oxygen atoms in total. The minimum Gasteiger partial charge on any atom is -0.395 e. The Morgan fingerprint density at radius 2 is 2.18 bits per heavy atom. The predicted molar refractivity (Wildman–Crippen MR) is 59.8 cm³/mol. The second-order valence-corrected chi connectivity index (χ2v) is 5.85. The third-order valence-electron chi connectivity index (χ3n) is 2.70. The van der Waals surface area contributed by atoms with Gasteiger partial charge in [-0.05, 0) is 25.5 Å². The predicted octanol–water partition coefficient (Wildman–Crippen LogP) is 1.66. The Morgan fingerprint density at radius 1 is 1.53 bits per heavy atom. The zero-order valence-corrected chi connectivity index (χ0v) is 10.4. The number of halogens is 3. The van der Waals surface area contributed by atoms with Crippen molar-refractivity contribution in [2.45, 2.75) is 30.7 Å². The lowest BCUT2D eigenvalue weighted by Crippen LogP contribution is -2.48. The molecule has 1 aliphatic rings. The van der Waals surface area contributed by atoms with Crippen molar-refractivity contribution in [2.75, 3.05) is 25.4 Å². The number of hydrogen-bond donors (Lipinski definition) is 1. The van der Waals surface area contributed by atoms with Crippen LogP contribution >= 0.6 is 11.8 Å². The van der Waals surface area contributed by atoms with Crippen LogP contribution in [-0.2, 0) is 4.79 Å². The molecular weight excluding hydrogens is 255 g/mol. The topological polar surface area (TPSA) is 40.5 Å². The maximum Gasteiger partial charge on any atom is 0.406 e. The minimum atomic E-state index is -4.43. The van der Waals surface area contributed by atoms with E-state index in [1.54, 1.807) is 6.92 Å². The molecule has 0 bridgehead atoms. The first-order chi connectivity index (χ1) is 7.78. The SMILES string of the molecule is CC1(C(=O)N(CCO)CC(F)(F)F)CCCS1. The number of rotatable bonds is 4. The van der Waals surface area contributed by atoms with Gasteiger partial charge >= 0.3 is 6.18 Å². The Kier molecular flexibility index (Phi) is 4.71. The Balaban J connectivity index is 2.72. The fraction of sp³-hybridized carbons (Fsp3) is 0.900. The molecular formula is C10H16F3NO2S. The summed E-state index contributed by atoms with van der Waals surface area (Å²) in [6.07, 6.45) is -2.99. The van der Waals surface area contributed by atoms with Crippen molar-refractivity contribution in [2.24, 2.45) is 0 Å². The summed E-state index contributed by atoms with van der Waals surface area (Å²) in [5.74, 6) is 0.271. The number of aliphatic hydroxyl groups is 1. The molecule has 0 saturated carbocycles. The summed E-state index contributed by atoms with van der Waals surface area (Å²) >= 11 is 1.39. The molecule has 0 radical (unpaired) electrons. The lowest BCUT2D eigenvalue weighted by atomic mass is 10.0. The molecule has 1 fully saturated rings. The molecule has 1 saturated heterocycles. The highest BCUT2D eigenvalue weighted by atomic mass is 32.2. The van der Waals surface area contributed by atoms with Gasteiger partial charge in [0.05, 0.1) is 11.4 Å². The van der Waals surface area contributed by atoms with E-state index in [0.717, 1.165) is 12.2 Å². The number of amides is 1. The first-order valence-corrected chi connectivity index (χ1v) is 6.38. The third kappa shape index (κ3) is 4.06. The van der Waals surface area contributed by atoms with Gasteiger partial charge < -0.3 is 10.0 Å². The van der Waals surface area contributed by atoms with Crippen molar-refractivity contribution in [3.63, 3.8) is 0 Å². The molecule has 1 atom stereocenters. The quantitative estimate of drug-likeness (QED) is 0.845. The van der Waals surface area contributed by atoms with Crippen LogP contribution in [0, 0.1) is 0 Å². The number of carbonyl (C=O) groups excluding carboxylic acids is 1. The molecule has 0 aromatic rings. The molecule has 100 valence electrons. The number of thioether (sulfide) groups is 1. The van der Waals surface area contributed by atoms with E-state index in [1.165, 1.54) is 11.8 Å². The van der Waals surface area contributed by atoms with Gasteiger partial charge in [-0.3, -0.25) is 4.79 Å². The molecule has 1 aliphatic heterocycles. The van der Waals surface area contributed by atoms with E-state index in [-0.39, 0.29) is 6.54 Å². The molecule has 0 aromatic carbocycles. The van der Waals surface area contributed by atoms with Crippen LogP contribution in [0.2, 0.25) is 0 Å². The number of nitrogens with zero attached hydrogens (tertiary/aromatic N) is 1. The van der Waals surface area contributed by atoms with E-state index in [9.17, 15) is 18.0 Å². The summed E-state index contributed by atoms with van der Waals surface area (Å²) in [6.45, 7) is -0.340. The molecule has 0 aliphatic carbocycles. The molecule has 1 unspecified atom stereocenters. The Morgan fingerprint density at radius 3 is 2.59 bits per heavy atom. The lowest BCUT2D eigenvalue weighted by molar-refractivity contribution is -0.163. The highest BCUT2D eigenvalue weighted by Crippen LogP contribution is 2.39. The van der Waals surface area contributed by atoms with Crippen LogP contribution in [0.1, 0.15) is 19.8 Å². The van der Waals surface area contributed by atoms with Crippen molar-refractivity contribution < 1.29 is 23.1 Å². The highest BCUT2D eigenvalue weighted by molar-refractivity contribution is 8.01. The van der Waals surface area contributed by atoms with Crippen LogP contribution in [0.25, 0.3) is 0 Å². The van der Waals surface area contributed by atoms with E-state index < -0.39 is 30.0 Å². The molecule has 7 heteroatoms. The zero-order chi connectivity index (χ0) is 13.1. The molecule has 1 rings (SSSR count). The van der Waals surface area contributed by atoms with Gasteiger partial charge in [-0.15, -0.1) is 11.8 Å². The monoisotopic (exact) mass is 271 g/mol. The van der Waals surface area contributed by atoms with Gasteiger partial charge in [-0.2, -0.15) is 13.2 Å². The normalized spacial score (nSPS) is 25.0. The van der Waals surface area contributed by atoms with Crippen molar-refractivity contribution in [3.05, 3.63) is 0 Å². The number of hydrogen-bond acceptors (Lipinski definition) is 3. The zero-order valence-electron chi connectivity index (χ0n) is 9.59. The maximum atomic E-state index is 12.3. The largest absolute Gasteiger partial charge is 0.406 e. The molecule has 1 amide bonds. The summed E-state index contributed by atoms with van der Waals surface area (Å²) in [6, 6.07) is 0. The molecule has 0 spiro atoms. The summed E-state index contributed by atoms with van der Waals surface area (Å²) < 4.78 is 36.2. The minimum absolute atomic E-state index is 0.269. The smallest absolute Gasteiger partial charge is 0.395 e. The van der Waals surface area contributed by atoms with Gasteiger partial charge in [-0.25, -0.2) is 0 Å². The second-order valence-electron chi connectivity index (χ2n) is 4.25. The van der Waals surface area contributed by atoms with Crippen molar-refractivity contribution in [1.82, 2.24) is 4.90 Å². The van der Waals surface area contributed by atoms with Crippen molar-refractivity contribution in [3.8, 4) is 0 Å². The lowest BCUT2D eigenvalue weighted by Gasteiger charge is -2.31. The fourth-order valence-corrected chi connectivity index (χ4v) is 3.15. The number of aliphatic hydroxyl groups excluding tert-OH is 1. The molecule has 1 N–H and O–H groups in total. The molecule has 17 heavy (non-hydrogen) atoms. The van der Waals surface area contributed by atoms with Crippen LogP contribution < -0.4 is 0 Å². The first kappa shape index (κ1) is 14.6. The van der Waals surface area contributed by atoms with Crippen LogP contribution in [0.3, 0.4) is 0 Å². The third-order valence-corrected chi connectivity index (χ3v) is 4.21. The van der Waals surface area contributed by atoms with Gasteiger partial charge in [0, 0.05) is 6.54 Å². The van der Waals surface area contributed by atoms with E-state index in [1.807, 2.05) is 0 Å². The Bertz CT molecular complexity index is 277. The molecule has 0 aromatic heterocycles. The van der Waals surface area contributed by atoms with Gasteiger partial charge in [-0.1, -0.05) is 0 Å². The average molecular weight is 271 g/mol. The van der Waals surface area contributed by atoms with Gasteiger partial charge in [0.25, 0.3) is 0 Å². The summed E-state index contributed by atoms with van der Waals surface area (Å²) in [5, 5.41) is 8.74. The second kappa shape index (κ2) is 5.48. The standard InChI is InChI=1S/C10H16F3NO2S/c1-9(3-2-6-17-9)8(16)14(4-5-15)7-10(11,12)13/h15H,2-7H2,1H3. The summed E-state index contributed by atoms with van der Waals surface area (Å²) in [4.78, 5) is 12.7. The van der Waals surface area contributed by atoms with E-state index >= 15 is 0 Å². The highest BCUT2D eigenvalue weighted by Gasteiger charge is 2.43. The van der Waals surface area contributed by atoms with E-state index in [0.29, 0.717) is 11.3 Å². The summed E-state index contributed by atoms with van der Waals surface area (Å²) in [5.41, 5.74) is 0. The Hall–Kier alpha value is -0.430. The van der Waals surface area contributed by atoms with Gasteiger partial charge in [0.1, 0.15) is 6.54 Å². The van der Waals surface area contributed by atoms with Crippen molar-refractivity contribution >= 4 is 17.7 Å². The van der Waals surface area contributed by atoms with E-state index in [2.05, 4.69) is 0 Å². The molecule has 1 heterocycles. The van der Waals surface area contributed by atoms with Crippen LogP contribution in [0.15, 0.2) is 0 Å². The van der Waals surface area contributed by atoms with E-state index in [4.69, 9.17) is 5.11 Å². The Labute approximate surface area is 102 Å². The average Bonchev–Trinajstić information content (AvgIpc) is 2.63. The number of alkyl halides is 3. The van der Waals surface area contributed by atoms with Crippen LogP contribution in [-0.4, -0.2) is 52.3 Å². The van der Waals surface area contributed by atoms with Gasteiger partial charge in [0.15, 0.2) is 0 Å². The number of carbonyl (C=O) groups is 1. The van der Waals surface area contributed by atoms with Crippen molar-refractivity contribution in [1.29, 1.82) is 0 Å². The maximum absolute atomic E-state index is 12.3. The van der Waals surface area contributed by atoms with Gasteiger partial charge in [0.2, 0.25) is 5.91 Å². The summed E-state index contributed by atoms with van der Waals surface area (Å²) in [7, 11) is 0.